The fourth-order valence-corrected chi connectivity index (χ4v) is 3.44. The van der Waals surface area contributed by atoms with Crippen LogP contribution in [0.15, 0.2) is 45.8 Å². The number of carbonyl (C=O) groups excluding carboxylic acids is 2. The molecule has 0 unspecified atom stereocenters. The van der Waals surface area contributed by atoms with E-state index in [1.165, 1.54) is 10.6 Å². The topological polar surface area (TPSA) is 71.4 Å². The smallest absolute Gasteiger partial charge is 0.255 e. The van der Waals surface area contributed by atoms with Crippen LogP contribution >= 0.6 is 15.9 Å². The molecule has 6 nitrogen and oxygen atoms in total. The predicted molar refractivity (Wildman–Crippen MR) is 103 cm³/mol. The second-order valence-electron chi connectivity index (χ2n) is 6.36. The summed E-state index contributed by atoms with van der Waals surface area (Å²) >= 11 is 3.29. The van der Waals surface area contributed by atoms with Gasteiger partial charge in [-0.05, 0) is 53.4 Å². The van der Waals surface area contributed by atoms with E-state index in [0.717, 1.165) is 31.5 Å². The van der Waals surface area contributed by atoms with E-state index in [4.69, 9.17) is 0 Å². The van der Waals surface area contributed by atoms with Gasteiger partial charge in [-0.1, -0.05) is 12.1 Å². The molecule has 0 aliphatic carbocycles. The number of nitrogens with zero attached hydrogens (tertiary/aromatic N) is 2. The number of hydrogen-bond acceptors (Lipinski definition) is 3. The van der Waals surface area contributed by atoms with Gasteiger partial charge in [-0.25, -0.2) is 0 Å². The molecule has 136 valence electrons. The minimum absolute atomic E-state index is 0.0684. The Labute approximate surface area is 159 Å². The maximum Gasteiger partial charge on any atom is 0.255 e. The Balaban J connectivity index is 1.82. The highest BCUT2D eigenvalue weighted by atomic mass is 79.9. The molecule has 1 aliphatic rings. The van der Waals surface area contributed by atoms with Crippen molar-refractivity contribution < 1.29 is 9.59 Å². The zero-order valence-corrected chi connectivity index (χ0v) is 16.1. The van der Waals surface area contributed by atoms with E-state index >= 15 is 0 Å². The Morgan fingerprint density at radius 1 is 1.15 bits per heavy atom. The summed E-state index contributed by atoms with van der Waals surface area (Å²) in [5.74, 6) is -0.420. The first-order valence-electron chi connectivity index (χ1n) is 8.50. The first kappa shape index (κ1) is 18.4. The molecule has 1 N–H and O–H groups in total. The maximum atomic E-state index is 12.8. The minimum atomic E-state index is -0.352. The highest BCUT2D eigenvalue weighted by Gasteiger charge is 2.23. The van der Waals surface area contributed by atoms with Gasteiger partial charge in [0.25, 0.3) is 11.5 Å². The molecule has 0 atom stereocenters. The van der Waals surface area contributed by atoms with Crippen molar-refractivity contribution in [3.63, 3.8) is 0 Å². The highest BCUT2D eigenvalue weighted by molar-refractivity contribution is 9.10. The molecule has 1 aromatic carbocycles. The van der Waals surface area contributed by atoms with Crippen molar-refractivity contribution in [2.75, 3.05) is 18.4 Å². The number of pyridine rings is 1. The van der Waals surface area contributed by atoms with Crippen LogP contribution < -0.4 is 10.9 Å². The van der Waals surface area contributed by atoms with Gasteiger partial charge in [0.2, 0.25) is 5.91 Å². The second-order valence-corrected chi connectivity index (χ2v) is 7.27. The monoisotopic (exact) mass is 417 g/mol. The standard InChI is InChI=1S/C19H20BrN3O3/c1-13-5-4-6-15(19(26)22-9-2-3-10-22)18(13)21-16(24)12-23-11-14(20)7-8-17(23)25/h4-8,11H,2-3,9-10,12H2,1H3,(H,21,24). The van der Waals surface area contributed by atoms with Crippen molar-refractivity contribution in [1.82, 2.24) is 9.47 Å². The number of likely N-dealkylation sites (tertiary alicyclic amines) is 1. The molecule has 1 fully saturated rings. The minimum Gasteiger partial charge on any atom is -0.339 e. The van der Waals surface area contributed by atoms with Crippen molar-refractivity contribution in [2.24, 2.45) is 0 Å². The van der Waals surface area contributed by atoms with E-state index in [0.29, 0.717) is 15.7 Å². The number of hydrogen-bond donors (Lipinski definition) is 1. The summed E-state index contributed by atoms with van der Waals surface area (Å²) in [6, 6.07) is 8.42. The van der Waals surface area contributed by atoms with Crippen LogP contribution in [0.2, 0.25) is 0 Å². The molecule has 0 bridgehead atoms. The summed E-state index contributed by atoms with van der Waals surface area (Å²) in [7, 11) is 0. The number of anilines is 1. The number of amides is 2. The number of carbonyl (C=O) groups is 2. The average Bonchev–Trinajstić information content (AvgIpc) is 3.14. The first-order valence-corrected chi connectivity index (χ1v) is 9.30. The molecular formula is C19H20BrN3O3. The van der Waals surface area contributed by atoms with Crippen molar-refractivity contribution in [1.29, 1.82) is 0 Å². The number of para-hydroxylation sites is 1. The molecule has 0 saturated carbocycles. The lowest BCUT2D eigenvalue weighted by Crippen LogP contribution is -2.30. The number of benzene rings is 1. The van der Waals surface area contributed by atoms with Gasteiger partial charge in [-0.15, -0.1) is 0 Å². The van der Waals surface area contributed by atoms with E-state index in [1.54, 1.807) is 18.3 Å². The lowest BCUT2D eigenvalue weighted by Gasteiger charge is -2.19. The molecule has 1 saturated heterocycles. The summed E-state index contributed by atoms with van der Waals surface area (Å²) < 4.78 is 2.03. The van der Waals surface area contributed by atoms with Gasteiger partial charge >= 0.3 is 0 Å². The molecule has 1 aliphatic heterocycles. The fourth-order valence-electron chi connectivity index (χ4n) is 3.06. The summed E-state index contributed by atoms with van der Waals surface area (Å²) in [6.07, 6.45) is 3.58. The van der Waals surface area contributed by atoms with Gasteiger partial charge in [0, 0.05) is 29.8 Å². The normalized spacial score (nSPS) is 13.7. The van der Waals surface area contributed by atoms with Gasteiger partial charge in [-0.3, -0.25) is 14.4 Å². The van der Waals surface area contributed by atoms with Crippen LogP contribution in [0.25, 0.3) is 0 Å². The Morgan fingerprint density at radius 3 is 2.62 bits per heavy atom. The van der Waals surface area contributed by atoms with E-state index < -0.39 is 0 Å². The van der Waals surface area contributed by atoms with Gasteiger partial charge in [0.05, 0.1) is 11.3 Å². The quantitative estimate of drug-likeness (QED) is 0.830. The summed E-state index contributed by atoms with van der Waals surface area (Å²) in [5, 5.41) is 2.82. The van der Waals surface area contributed by atoms with Crippen LogP contribution in [0.5, 0.6) is 0 Å². The van der Waals surface area contributed by atoms with Crippen molar-refractivity contribution in [3.05, 3.63) is 62.5 Å². The molecule has 26 heavy (non-hydrogen) atoms. The average molecular weight is 418 g/mol. The number of rotatable bonds is 4. The predicted octanol–water partition coefficient (Wildman–Crippen LogP) is 2.79. The lowest BCUT2D eigenvalue weighted by atomic mass is 10.1. The van der Waals surface area contributed by atoms with Gasteiger partial charge < -0.3 is 14.8 Å². The lowest BCUT2D eigenvalue weighted by molar-refractivity contribution is -0.116. The zero-order chi connectivity index (χ0) is 18.7. The first-order chi connectivity index (χ1) is 12.5. The SMILES string of the molecule is Cc1cccc(C(=O)N2CCCC2)c1NC(=O)Cn1cc(Br)ccc1=O. The number of aromatic nitrogens is 1. The van der Waals surface area contributed by atoms with Gasteiger partial charge in [0.15, 0.2) is 0 Å². The molecule has 3 rings (SSSR count). The third-order valence-electron chi connectivity index (χ3n) is 4.42. The Morgan fingerprint density at radius 2 is 1.88 bits per heavy atom. The van der Waals surface area contributed by atoms with Crippen molar-refractivity contribution in [2.45, 2.75) is 26.3 Å². The Hall–Kier alpha value is -2.41. The second kappa shape index (κ2) is 7.86. The molecule has 1 aromatic heterocycles. The fraction of sp³-hybridized carbons (Fsp3) is 0.316. The molecule has 2 heterocycles. The molecule has 2 aromatic rings. The molecule has 0 spiro atoms. The van der Waals surface area contributed by atoms with Gasteiger partial charge in [-0.2, -0.15) is 0 Å². The van der Waals surface area contributed by atoms with Crippen LogP contribution in [-0.2, 0) is 11.3 Å². The zero-order valence-electron chi connectivity index (χ0n) is 14.5. The summed E-state index contributed by atoms with van der Waals surface area (Å²) in [5.41, 5.74) is 1.55. The summed E-state index contributed by atoms with van der Waals surface area (Å²) in [4.78, 5) is 38.9. The van der Waals surface area contributed by atoms with Crippen LogP contribution in [-0.4, -0.2) is 34.4 Å². The van der Waals surface area contributed by atoms with E-state index in [2.05, 4.69) is 21.2 Å². The van der Waals surface area contributed by atoms with Crippen molar-refractivity contribution in [3.8, 4) is 0 Å². The number of nitrogens with one attached hydrogen (secondary N) is 1. The van der Waals surface area contributed by atoms with Gasteiger partial charge in [0.1, 0.15) is 6.54 Å². The number of halogens is 1. The largest absolute Gasteiger partial charge is 0.339 e. The van der Waals surface area contributed by atoms with Crippen molar-refractivity contribution >= 4 is 33.4 Å². The van der Waals surface area contributed by atoms with E-state index in [1.807, 2.05) is 24.0 Å². The molecule has 2 amide bonds. The van der Waals surface area contributed by atoms with E-state index in [9.17, 15) is 14.4 Å². The highest BCUT2D eigenvalue weighted by Crippen LogP contribution is 2.24. The van der Waals surface area contributed by atoms with Crippen LogP contribution in [0.3, 0.4) is 0 Å². The maximum absolute atomic E-state index is 12.8. The third-order valence-corrected chi connectivity index (χ3v) is 4.89. The molecule has 7 heteroatoms. The van der Waals surface area contributed by atoms with Crippen LogP contribution in [0.1, 0.15) is 28.8 Å². The molecular weight excluding hydrogens is 398 g/mol. The Kier molecular flexibility index (Phi) is 5.56. The van der Waals surface area contributed by atoms with Crippen LogP contribution in [0, 0.1) is 6.92 Å². The third kappa shape index (κ3) is 4.04. The number of aryl methyl sites for hydroxylation is 1. The Bertz CT molecular complexity index is 901. The molecule has 0 radical (unpaired) electrons. The summed E-state index contributed by atoms with van der Waals surface area (Å²) in [6.45, 7) is 3.22. The van der Waals surface area contributed by atoms with E-state index in [-0.39, 0.29) is 23.9 Å². The van der Waals surface area contributed by atoms with Crippen LogP contribution in [0.4, 0.5) is 5.69 Å².